The van der Waals surface area contributed by atoms with Crippen LogP contribution in [0.3, 0.4) is 0 Å². The highest BCUT2D eigenvalue weighted by Gasteiger charge is 2.17. The van der Waals surface area contributed by atoms with Gasteiger partial charge in [-0.2, -0.15) is 0 Å². The highest BCUT2D eigenvalue weighted by Crippen LogP contribution is 2.20. The fourth-order valence-electron chi connectivity index (χ4n) is 2.98. The van der Waals surface area contributed by atoms with Gasteiger partial charge in [0.25, 0.3) is 11.8 Å². The van der Waals surface area contributed by atoms with Gasteiger partial charge in [-0.1, -0.05) is 24.3 Å². The molecule has 6 nitrogen and oxygen atoms in total. The number of carbonyl (C=O) groups is 2. The van der Waals surface area contributed by atoms with Gasteiger partial charge in [0.1, 0.15) is 5.75 Å². The number of benzene rings is 2. The van der Waals surface area contributed by atoms with Crippen molar-refractivity contribution in [3.05, 3.63) is 83.2 Å². The summed E-state index contributed by atoms with van der Waals surface area (Å²) in [7, 11) is 1.53. The van der Waals surface area contributed by atoms with Gasteiger partial charge in [0.05, 0.1) is 12.7 Å². The Morgan fingerprint density at radius 2 is 1.59 bits per heavy atom. The third-order valence-electron chi connectivity index (χ3n) is 4.31. The van der Waals surface area contributed by atoms with Gasteiger partial charge < -0.3 is 9.30 Å². The molecule has 2 N–H and O–H groups in total. The van der Waals surface area contributed by atoms with Crippen LogP contribution >= 0.6 is 0 Å². The molecule has 3 aromatic rings. The summed E-state index contributed by atoms with van der Waals surface area (Å²) in [6, 6.07) is 18.3. The van der Waals surface area contributed by atoms with E-state index in [1.54, 1.807) is 30.3 Å². The fourth-order valence-corrected chi connectivity index (χ4v) is 2.98. The minimum absolute atomic E-state index is 0.374. The molecule has 0 spiro atoms. The molecule has 3 rings (SSSR count). The van der Waals surface area contributed by atoms with E-state index in [9.17, 15) is 9.59 Å². The zero-order valence-corrected chi connectivity index (χ0v) is 15.4. The lowest BCUT2D eigenvalue weighted by Gasteiger charge is -2.10. The van der Waals surface area contributed by atoms with Crippen LogP contribution in [-0.4, -0.2) is 23.5 Å². The number of carbonyl (C=O) groups excluding carboxylic acids is 2. The molecule has 0 radical (unpaired) electrons. The van der Waals surface area contributed by atoms with Gasteiger partial charge in [-0.05, 0) is 50.2 Å². The van der Waals surface area contributed by atoms with Gasteiger partial charge in [0.2, 0.25) is 0 Å². The summed E-state index contributed by atoms with van der Waals surface area (Å²) in [5.74, 6) is -0.221. The van der Waals surface area contributed by atoms with Crippen LogP contribution in [0.4, 0.5) is 0 Å². The average Bonchev–Trinajstić information content (AvgIpc) is 3.00. The molecule has 2 amide bonds. The summed E-state index contributed by atoms with van der Waals surface area (Å²) in [5, 5.41) is 0. The molecule has 0 saturated heterocycles. The topological polar surface area (TPSA) is 72.4 Å². The predicted molar refractivity (Wildman–Crippen MR) is 103 cm³/mol. The standard InChI is InChI=1S/C21H21N3O3/c1-14-12-19(15(2)24(14)17-9-5-4-6-10-17)21(26)23-22-20(25)16-8-7-11-18(13-16)27-3/h4-13H,1-3H3,(H,22,25)(H,23,26). The monoisotopic (exact) mass is 363 g/mol. The number of nitrogens with zero attached hydrogens (tertiary/aromatic N) is 1. The lowest BCUT2D eigenvalue weighted by atomic mass is 10.2. The van der Waals surface area contributed by atoms with Crippen molar-refractivity contribution in [1.29, 1.82) is 0 Å². The van der Waals surface area contributed by atoms with E-state index < -0.39 is 5.91 Å². The van der Waals surface area contributed by atoms with Crippen LogP contribution in [0, 0.1) is 13.8 Å². The second kappa shape index (κ2) is 7.78. The van der Waals surface area contributed by atoms with Gasteiger partial charge in [-0.25, -0.2) is 0 Å². The minimum atomic E-state index is -0.417. The molecular formula is C21H21N3O3. The molecule has 0 saturated carbocycles. The summed E-state index contributed by atoms with van der Waals surface area (Å²) in [6.45, 7) is 3.81. The van der Waals surface area contributed by atoms with Crippen molar-refractivity contribution in [3.8, 4) is 11.4 Å². The number of methoxy groups -OCH3 is 1. The smallest absolute Gasteiger partial charge is 0.271 e. The molecular weight excluding hydrogens is 342 g/mol. The van der Waals surface area contributed by atoms with Crippen molar-refractivity contribution in [1.82, 2.24) is 15.4 Å². The molecule has 27 heavy (non-hydrogen) atoms. The van der Waals surface area contributed by atoms with E-state index in [-0.39, 0.29) is 5.91 Å². The first kappa shape index (κ1) is 18.3. The van der Waals surface area contributed by atoms with Crippen molar-refractivity contribution < 1.29 is 14.3 Å². The molecule has 0 aliphatic carbocycles. The summed E-state index contributed by atoms with van der Waals surface area (Å²) >= 11 is 0. The van der Waals surface area contributed by atoms with Crippen LogP contribution in [0.15, 0.2) is 60.7 Å². The maximum absolute atomic E-state index is 12.6. The van der Waals surface area contributed by atoms with Crippen LogP contribution in [0.1, 0.15) is 32.1 Å². The average molecular weight is 363 g/mol. The van der Waals surface area contributed by atoms with Gasteiger partial charge in [-0.3, -0.25) is 20.4 Å². The van der Waals surface area contributed by atoms with E-state index >= 15 is 0 Å². The SMILES string of the molecule is COc1cccc(C(=O)NNC(=O)c2cc(C)n(-c3ccccc3)c2C)c1. The second-order valence-corrected chi connectivity index (χ2v) is 6.10. The number of aromatic nitrogens is 1. The number of rotatable bonds is 4. The van der Waals surface area contributed by atoms with Gasteiger partial charge in [-0.15, -0.1) is 0 Å². The number of hydrogen-bond acceptors (Lipinski definition) is 3. The first-order chi connectivity index (χ1) is 13.0. The first-order valence-electron chi connectivity index (χ1n) is 8.50. The molecule has 1 aromatic heterocycles. The molecule has 0 fully saturated rings. The Morgan fingerprint density at radius 1 is 0.889 bits per heavy atom. The Labute approximate surface area is 157 Å². The molecule has 6 heteroatoms. The van der Waals surface area contributed by atoms with Crippen molar-refractivity contribution in [3.63, 3.8) is 0 Å². The van der Waals surface area contributed by atoms with E-state index in [4.69, 9.17) is 4.74 Å². The first-order valence-corrected chi connectivity index (χ1v) is 8.50. The van der Waals surface area contributed by atoms with Gasteiger partial charge >= 0.3 is 0 Å². The van der Waals surface area contributed by atoms with Crippen molar-refractivity contribution in [2.75, 3.05) is 7.11 Å². The van der Waals surface area contributed by atoms with Crippen LogP contribution in [0.25, 0.3) is 5.69 Å². The molecule has 0 aliphatic rings. The van der Waals surface area contributed by atoms with E-state index in [1.807, 2.05) is 48.7 Å². The molecule has 0 atom stereocenters. The number of para-hydroxylation sites is 1. The van der Waals surface area contributed by atoms with Crippen molar-refractivity contribution >= 4 is 11.8 Å². The summed E-state index contributed by atoms with van der Waals surface area (Å²) in [4.78, 5) is 24.8. The number of aryl methyl sites for hydroxylation is 1. The number of hydrogen-bond donors (Lipinski definition) is 2. The van der Waals surface area contributed by atoms with E-state index in [2.05, 4.69) is 10.9 Å². The number of nitrogens with one attached hydrogen (secondary N) is 2. The van der Waals surface area contributed by atoms with E-state index in [1.165, 1.54) is 7.11 Å². The molecule has 0 unspecified atom stereocenters. The van der Waals surface area contributed by atoms with Crippen LogP contribution < -0.4 is 15.6 Å². The molecule has 0 aliphatic heterocycles. The number of ether oxygens (including phenoxy) is 1. The molecule has 0 bridgehead atoms. The lowest BCUT2D eigenvalue weighted by molar-refractivity contribution is 0.0846. The summed E-state index contributed by atoms with van der Waals surface area (Å²) in [5.41, 5.74) is 8.52. The molecule has 1 heterocycles. The third-order valence-corrected chi connectivity index (χ3v) is 4.31. The van der Waals surface area contributed by atoms with Gasteiger partial charge in [0.15, 0.2) is 0 Å². The van der Waals surface area contributed by atoms with E-state index in [0.29, 0.717) is 16.9 Å². The minimum Gasteiger partial charge on any atom is -0.497 e. The largest absolute Gasteiger partial charge is 0.497 e. The zero-order valence-electron chi connectivity index (χ0n) is 15.4. The third kappa shape index (κ3) is 3.84. The molecule has 138 valence electrons. The lowest BCUT2D eigenvalue weighted by Crippen LogP contribution is -2.41. The van der Waals surface area contributed by atoms with Crippen LogP contribution in [-0.2, 0) is 0 Å². The Balaban J connectivity index is 1.74. The molecule has 2 aromatic carbocycles. The normalized spacial score (nSPS) is 10.3. The fraction of sp³-hybridized carbons (Fsp3) is 0.143. The van der Waals surface area contributed by atoms with Crippen LogP contribution in [0.2, 0.25) is 0 Å². The number of hydrazine groups is 1. The van der Waals surface area contributed by atoms with Crippen LogP contribution in [0.5, 0.6) is 5.75 Å². The zero-order chi connectivity index (χ0) is 19.4. The Kier molecular flexibility index (Phi) is 5.26. The summed E-state index contributed by atoms with van der Waals surface area (Å²) < 4.78 is 7.10. The van der Waals surface area contributed by atoms with Crippen molar-refractivity contribution in [2.45, 2.75) is 13.8 Å². The quantitative estimate of drug-likeness (QED) is 0.700. The van der Waals surface area contributed by atoms with Crippen molar-refractivity contribution in [2.24, 2.45) is 0 Å². The highest BCUT2D eigenvalue weighted by molar-refractivity contribution is 6.00. The second-order valence-electron chi connectivity index (χ2n) is 6.10. The van der Waals surface area contributed by atoms with Gasteiger partial charge in [0, 0.05) is 22.6 Å². The Morgan fingerprint density at radius 3 is 2.30 bits per heavy atom. The predicted octanol–water partition coefficient (Wildman–Crippen LogP) is 3.18. The highest BCUT2D eigenvalue weighted by atomic mass is 16.5. The Hall–Kier alpha value is -3.54. The van der Waals surface area contributed by atoms with E-state index in [0.717, 1.165) is 17.1 Å². The number of amides is 2. The Bertz CT molecular complexity index is 978. The summed E-state index contributed by atoms with van der Waals surface area (Å²) in [6.07, 6.45) is 0. The maximum atomic E-state index is 12.6. The maximum Gasteiger partial charge on any atom is 0.271 e.